The number of aromatic nitrogens is 1. The van der Waals surface area contributed by atoms with Crippen molar-refractivity contribution in [2.75, 3.05) is 6.61 Å². The van der Waals surface area contributed by atoms with E-state index in [0.29, 0.717) is 11.6 Å². The highest BCUT2D eigenvalue weighted by atomic mass is 79.9. The summed E-state index contributed by atoms with van der Waals surface area (Å²) in [7, 11) is 0. The van der Waals surface area contributed by atoms with Gasteiger partial charge in [0.25, 0.3) is 0 Å². The van der Waals surface area contributed by atoms with Gasteiger partial charge in [-0.2, -0.15) is 0 Å². The standard InChI is InChI=1S/C19H19ClN2OS.BrH/c1-13-4-3-5-17(14(13)2)21-19-22(10-11-23)18(12-24-19)15-6-8-16(20)9-7-15;/h3-9,12,23H,10-11H2,1-2H3;1H. The van der Waals surface area contributed by atoms with Gasteiger partial charge in [0.2, 0.25) is 0 Å². The van der Waals surface area contributed by atoms with E-state index in [1.54, 1.807) is 11.3 Å². The maximum atomic E-state index is 9.46. The van der Waals surface area contributed by atoms with Crippen LogP contribution in [0.4, 0.5) is 5.69 Å². The van der Waals surface area contributed by atoms with Crippen LogP contribution in [0.1, 0.15) is 11.1 Å². The maximum absolute atomic E-state index is 9.46. The van der Waals surface area contributed by atoms with Gasteiger partial charge < -0.3 is 9.67 Å². The van der Waals surface area contributed by atoms with E-state index in [0.717, 1.165) is 21.7 Å². The Morgan fingerprint density at radius 1 is 1.12 bits per heavy atom. The Labute approximate surface area is 167 Å². The van der Waals surface area contributed by atoms with Crippen molar-refractivity contribution in [1.82, 2.24) is 4.57 Å². The molecular formula is C19H20BrClN2OS. The third kappa shape index (κ3) is 4.42. The summed E-state index contributed by atoms with van der Waals surface area (Å²) in [6, 6.07) is 13.8. The molecule has 0 atom stereocenters. The predicted molar refractivity (Wildman–Crippen MR) is 111 cm³/mol. The third-order valence-electron chi connectivity index (χ3n) is 4.05. The molecule has 0 fully saturated rings. The molecule has 0 amide bonds. The molecule has 1 heterocycles. The first-order valence-electron chi connectivity index (χ1n) is 7.76. The van der Waals surface area contributed by atoms with Gasteiger partial charge in [-0.25, -0.2) is 4.99 Å². The monoisotopic (exact) mass is 438 g/mol. The fourth-order valence-electron chi connectivity index (χ4n) is 2.55. The van der Waals surface area contributed by atoms with E-state index in [4.69, 9.17) is 16.6 Å². The molecule has 0 bridgehead atoms. The van der Waals surface area contributed by atoms with Crippen molar-refractivity contribution in [3.8, 4) is 11.3 Å². The third-order valence-corrected chi connectivity index (χ3v) is 5.17. The summed E-state index contributed by atoms with van der Waals surface area (Å²) in [6.07, 6.45) is 0. The fourth-order valence-corrected chi connectivity index (χ4v) is 3.62. The summed E-state index contributed by atoms with van der Waals surface area (Å²) in [5, 5.41) is 12.2. The zero-order valence-electron chi connectivity index (χ0n) is 14.1. The molecule has 0 radical (unpaired) electrons. The summed E-state index contributed by atoms with van der Waals surface area (Å²) < 4.78 is 2.05. The van der Waals surface area contributed by atoms with Crippen molar-refractivity contribution < 1.29 is 5.11 Å². The number of aliphatic hydroxyl groups is 1. The van der Waals surface area contributed by atoms with Gasteiger partial charge >= 0.3 is 0 Å². The number of hydrogen-bond donors (Lipinski definition) is 1. The summed E-state index contributed by atoms with van der Waals surface area (Å²) in [4.78, 5) is 5.71. The lowest BCUT2D eigenvalue weighted by atomic mass is 10.1. The lowest BCUT2D eigenvalue weighted by molar-refractivity contribution is 0.275. The Morgan fingerprint density at radius 3 is 2.52 bits per heavy atom. The van der Waals surface area contributed by atoms with Gasteiger partial charge in [0, 0.05) is 16.9 Å². The van der Waals surface area contributed by atoms with Gasteiger partial charge in [-0.3, -0.25) is 0 Å². The lowest BCUT2D eigenvalue weighted by Crippen LogP contribution is -2.18. The van der Waals surface area contributed by atoms with Gasteiger partial charge in [-0.05, 0) is 48.7 Å². The highest BCUT2D eigenvalue weighted by Crippen LogP contribution is 2.24. The number of thiazole rings is 1. The van der Waals surface area contributed by atoms with Crippen LogP contribution in [0.15, 0.2) is 52.8 Å². The number of aryl methyl sites for hydroxylation is 1. The number of aliphatic hydroxyl groups excluding tert-OH is 1. The van der Waals surface area contributed by atoms with Crippen LogP contribution in [0.25, 0.3) is 11.3 Å². The van der Waals surface area contributed by atoms with E-state index >= 15 is 0 Å². The van der Waals surface area contributed by atoms with Crippen molar-refractivity contribution in [2.45, 2.75) is 20.4 Å². The van der Waals surface area contributed by atoms with Gasteiger partial charge in [0.1, 0.15) is 0 Å². The Hall–Kier alpha value is -1.40. The van der Waals surface area contributed by atoms with Crippen LogP contribution in [0.3, 0.4) is 0 Å². The Kier molecular flexibility index (Phi) is 7.02. The van der Waals surface area contributed by atoms with Crippen LogP contribution in [0.5, 0.6) is 0 Å². The second-order valence-corrected chi connectivity index (χ2v) is 6.89. The molecule has 0 aliphatic carbocycles. The Morgan fingerprint density at radius 2 is 1.84 bits per heavy atom. The number of benzene rings is 2. The number of rotatable bonds is 4. The molecule has 3 rings (SSSR count). The molecule has 1 aromatic heterocycles. The minimum absolute atomic E-state index is 0. The normalized spacial score (nSPS) is 11.4. The van der Waals surface area contributed by atoms with Crippen molar-refractivity contribution in [3.63, 3.8) is 0 Å². The summed E-state index contributed by atoms with van der Waals surface area (Å²) in [5.74, 6) is 0. The molecule has 0 aliphatic rings. The zero-order valence-corrected chi connectivity index (χ0v) is 17.4. The molecule has 3 nitrogen and oxygen atoms in total. The second kappa shape index (κ2) is 8.81. The van der Waals surface area contributed by atoms with E-state index < -0.39 is 0 Å². The first kappa shape index (κ1) is 19.9. The van der Waals surface area contributed by atoms with Gasteiger partial charge in [-0.1, -0.05) is 35.9 Å². The molecule has 25 heavy (non-hydrogen) atoms. The summed E-state index contributed by atoms with van der Waals surface area (Å²) in [6.45, 7) is 4.74. The molecule has 0 saturated carbocycles. The molecule has 3 aromatic rings. The van der Waals surface area contributed by atoms with Gasteiger partial charge in [-0.15, -0.1) is 28.3 Å². The average Bonchev–Trinajstić information content (AvgIpc) is 2.96. The van der Waals surface area contributed by atoms with E-state index in [-0.39, 0.29) is 23.6 Å². The molecule has 0 saturated heterocycles. The van der Waals surface area contributed by atoms with Crippen LogP contribution < -0.4 is 4.80 Å². The molecule has 0 spiro atoms. The predicted octanol–water partition coefficient (Wildman–Crippen LogP) is 5.29. The average molecular weight is 440 g/mol. The highest BCUT2D eigenvalue weighted by Gasteiger charge is 2.08. The van der Waals surface area contributed by atoms with Crippen molar-refractivity contribution in [1.29, 1.82) is 0 Å². The topological polar surface area (TPSA) is 37.5 Å². The van der Waals surface area contributed by atoms with Crippen molar-refractivity contribution in [3.05, 3.63) is 68.8 Å². The molecule has 6 heteroatoms. The molecular weight excluding hydrogens is 420 g/mol. The Bertz CT molecular complexity index is 916. The van der Waals surface area contributed by atoms with E-state index in [2.05, 4.69) is 29.9 Å². The van der Waals surface area contributed by atoms with Crippen LogP contribution >= 0.6 is 39.9 Å². The minimum atomic E-state index is 0. The number of nitrogens with zero attached hydrogens (tertiary/aromatic N) is 2. The quantitative estimate of drug-likeness (QED) is 0.589. The molecule has 2 aromatic carbocycles. The summed E-state index contributed by atoms with van der Waals surface area (Å²) in [5.41, 5.74) is 5.46. The maximum Gasteiger partial charge on any atom is 0.190 e. The first-order chi connectivity index (χ1) is 11.6. The lowest BCUT2D eigenvalue weighted by Gasteiger charge is -2.08. The summed E-state index contributed by atoms with van der Waals surface area (Å²) >= 11 is 7.56. The van der Waals surface area contributed by atoms with Crippen LogP contribution in [0, 0.1) is 13.8 Å². The molecule has 0 aliphatic heterocycles. The first-order valence-corrected chi connectivity index (χ1v) is 9.02. The van der Waals surface area contributed by atoms with Gasteiger partial charge in [0.15, 0.2) is 4.80 Å². The van der Waals surface area contributed by atoms with E-state index in [1.807, 2.05) is 36.4 Å². The molecule has 0 unspecified atom stereocenters. The van der Waals surface area contributed by atoms with Crippen molar-refractivity contribution >= 4 is 45.6 Å². The molecule has 1 N–H and O–H groups in total. The van der Waals surface area contributed by atoms with Crippen molar-refractivity contribution in [2.24, 2.45) is 4.99 Å². The smallest absolute Gasteiger partial charge is 0.190 e. The SMILES string of the molecule is Br.Cc1cccc(N=c2scc(-c3ccc(Cl)cc3)n2CCO)c1C. The zero-order chi connectivity index (χ0) is 17.1. The Balaban J connectivity index is 0.00000225. The van der Waals surface area contributed by atoms with E-state index in [9.17, 15) is 5.11 Å². The van der Waals surface area contributed by atoms with Crippen LogP contribution in [0.2, 0.25) is 5.02 Å². The van der Waals surface area contributed by atoms with Crippen LogP contribution in [-0.2, 0) is 6.54 Å². The van der Waals surface area contributed by atoms with E-state index in [1.165, 1.54) is 11.1 Å². The molecule has 132 valence electrons. The number of hydrogen-bond acceptors (Lipinski definition) is 3. The van der Waals surface area contributed by atoms with Crippen LogP contribution in [-0.4, -0.2) is 16.3 Å². The number of halogens is 2. The largest absolute Gasteiger partial charge is 0.395 e. The van der Waals surface area contributed by atoms with Gasteiger partial charge in [0.05, 0.1) is 18.0 Å². The second-order valence-electron chi connectivity index (χ2n) is 5.62. The highest BCUT2D eigenvalue weighted by molar-refractivity contribution is 8.93. The fraction of sp³-hybridized carbons (Fsp3) is 0.211. The minimum Gasteiger partial charge on any atom is -0.395 e.